The Labute approximate surface area is 139 Å². The Morgan fingerprint density at radius 2 is 2.00 bits per heavy atom. The van der Waals surface area contributed by atoms with Crippen LogP contribution in [0.2, 0.25) is 0 Å². The summed E-state index contributed by atoms with van der Waals surface area (Å²) >= 11 is 0. The van der Waals surface area contributed by atoms with E-state index in [9.17, 15) is 0 Å². The Morgan fingerprint density at radius 1 is 1.62 bits per heavy atom. The van der Waals surface area contributed by atoms with Crippen LogP contribution in [0.3, 0.4) is 0 Å². The van der Waals surface area contributed by atoms with Crippen molar-refractivity contribution in [3.8, 4) is 0 Å². The van der Waals surface area contributed by atoms with Gasteiger partial charge in [-0.1, -0.05) is 6.92 Å². The standard InChI is InChI=1S/C4H11NO.2K.2H/c1-3-5-4(2)6;;;;/h4-6H,3H2,1-2H3;;;;/q;2*+1;2*-1. The number of hydrogen-bond acceptors (Lipinski definition) is 2. The molecule has 8 heavy (non-hydrogen) atoms. The molecule has 2 N–H and O–H groups in total. The number of rotatable bonds is 2. The van der Waals surface area contributed by atoms with Gasteiger partial charge in [-0.15, -0.1) is 0 Å². The van der Waals surface area contributed by atoms with Crippen LogP contribution < -0.4 is 108 Å². The van der Waals surface area contributed by atoms with Gasteiger partial charge in [-0.05, 0) is 13.5 Å². The zero-order chi connectivity index (χ0) is 4.99. The van der Waals surface area contributed by atoms with Crippen molar-refractivity contribution in [2.75, 3.05) is 6.54 Å². The van der Waals surface area contributed by atoms with Crippen molar-refractivity contribution in [1.82, 2.24) is 5.32 Å². The predicted octanol–water partition coefficient (Wildman–Crippen LogP) is -5.83. The van der Waals surface area contributed by atoms with Crippen LogP contribution in [0.5, 0.6) is 0 Å². The number of aliphatic hydroxyl groups excluding tert-OH is 1. The molecule has 0 spiro atoms. The van der Waals surface area contributed by atoms with E-state index in [1.54, 1.807) is 6.92 Å². The van der Waals surface area contributed by atoms with Crippen molar-refractivity contribution in [3.05, 3.63) is 0 Å². The molecule has 0 aliphatic heterocycles. The predicted molar refractivity (Wildman–Crippen MR) is 27.6 cm³/mol. The fourth-order valence-electron chi connectivity index (χ4n) is 0.295. The third-order valence-corrected chi connectivity index (χ3v) is 0.500. The molecular formula is C4H13K2NO. The summed E-state index contributed by atoms with van der Waals surface area (Å²) in [5.41, 5.74) is 0. The molecule has 0 aromatic rings. The zero-order valence-electron chi connectivity index (χ0n) is 8.23. The molecular weight excluding hydrogens is 156 g/mol. The minimum absolute atomic E-state index is 0. The van der Waals surface area contributed by atoms with Gasteiger partial charge in [0, 0.05) is 0 Å². The van der Waals surface area contributed by atoms with Gasteiger partial charge >= 0.3 is 103 Å². The van der Waals surface area contributed by atoms with E-state index < -0.39 is 0 Å². The van der Waals surface area contributed by atoms with Crippen molar-refractivity contribution >= 4 is 0 Å². The number of hydrogen-bond donors (Lipinski definition) is 2. The van der Waals surface area contributed by atoms with Gasteiger partial charge in [0.2, 0.25) is 0 Å². The summed E-state index contributed by atoms with van der Waals surface area (Å²) < 4.78 is 0. The van der Waals surface area contributed by atoms with Gasteiger partial charge in [-0.3, -0.25) is 5.32 Å². The first-order valence-electron chi connectivity index (χ1n) is 2.18. The van der Waals surface area contributed by atoms with Crippen molar-refractivity contribution in [3.63, 3.8) is 0 Å². The summed E-state index contributed by atoms with van der Waals surface area (Å²) in [6.45, 7) is 4.48. The van der Waals surface area contributed by atoms with Crippen molar-refractivity contribution in [1.29, 1.82) is 0 Å². The maximum Gasteiger partial charge on any atom is 1.00 e. The van der Waals surface area contributed by atoms with Crippen LogP contribution >= 0.6 is 0 Å². The number of nitrogens with one attached hydrogen (secondary N) is 1. The molecule has 0 fully saturated rings. The molecule has 1 unspecified atom stereocenters. The van der Waals surface area contributed by atoms with Crippen LogP contribution in [0, 0.1) is 0 Å². The monoisotopic (exact) mass is 169 g/mol. The zero-order valence-corrected chi connectivity index (χ0v) is 12.5. The molecule has 0 saturated heterocycles. The summed E-state index contributed by atoms with van der Waals surface area (Å²) in [4.78, 5) is 0. The second kappa shape index (κ2) is 12.8. The molecule has 0 aromatic heterocycles. The van der Waals surface area contributed by atoms with Crippen LogP contribution in [0.15, 0.2) is 0 Å². The average molecular weight is 169 g/mol. The van der Waals surface area contributed by atoms with E-state index >= 15 is 0 Å². The van der Waals surface area contributed by atoms with E-state index in [-0.39, 0.29) is 112 Å². The minimum Gasteiger partial charge on any atom is -1.00 e. The molecule has 0 bridgehead atoms. The SMILES string of the molecule is CCNC(C)O.[H-].[H-].[K+].[K+]. The average Bonchev–Trinajstić information content (AvgIpc) is 1.35. The second-order valence-electron chi connectivity index (χ2n) is 1.23. The summed E-state index contributed by atoms with van der Waals surface area (Å²) in [5, 5.41) is 11.2. The smallest absolute Gasteiger partial charge is 1.00 e. The molecule has 0 saturated carbocycles. The van der Waals surface area contributed by atoms with E-state index in [1.165, 1.54) is 0 Å². The first-order chi connectivity index (χ1) is 2.77. The van der Waals surface area contributed by atoms with Gasteiger partial charge < -0.3 is 7.96 Å². The summed E-state index contributed by atoms with van der Waals surface area (Å²) in [6, 6.07) is 0. The Kier molecular flexibility index (Phi) is 27.8. The van der Waals surface area contributed by atoms with Crippen molar-refractivity contribution in [2.24, 2.45) is 0 Å². The molecule has 0 aliphatic carbocycles. The van der Waals surface area contributed by atoms with Crippen LogP contribution in [0.4, 0.5) is 0 Å². The third kappa shape index (κ3) is 16.1. The molecule has 0 radical (unpaired) electrons. The molecule has 0 aliphatic rings. The van der Waals surface area contributed by atoms with E-state index in [4.69, 9.17) is 5.11 Å². The first-order valence-corrected chi connectivity index (χ1v) is 2.18. The second-order valence-corrected chi connectivity index (χ2v) is 1.23. The normalized spacial score (nSPS) is 10.9. The Balaban J connectivity index is -0.0000000208. The van der Waals surface area contributed by atoms with Crippen LogP contribution in [0.25, 0.3) is 0 Å². The van der Waals surface area contributed by atoms with Gasteiger partial charge in [0.25, 0.3) is 0 Å². The molecule has 0 rings (SSSR count). The van der Waals surface area contributed by atoms with E-state index in [0.717, 1.165) is 6.54 Å². The minimum atomic E-state index is -0.352. The fraction of sp³-hybridized carbons (Fsp3) is 1.00. The quantitative estimate of drug-likeness (QED) is 0.319. The Bertz CT molecular complexity index is 42.4. The fourth-order valence-corrected chi connectivity index (χ4v) is 0.295. The maximum atomic E-state index is 8.44. The topological polar surface area (TPSA) is 32.3 Å². The molecule has 4 heteroatoms. The van der Waals surface area contributed by atoms with E-state index in [1.807, 2.05) is 6.92 Å². The first kappa shape index (κ1) is 17.3. The van der Waals surface area contributed by atoms with Crippen molar-refractivity contribution in [2.45, 2.75) is 20.1 Å². The van der Waals surface area contributed by atoms with Gasteiger partial charge in [-0.25, -0.2) is 0 Å². The van der Waals surface area contributed by atoms with Gasteiger partial charge in [-0.2, -0.15) is 0 Å². The van der Waals surface area contributed by atoms with Crippen LogP contribution in [0.1, 0.15) is 16.7 Å². The van der Waals surface area contributed by atoms with Crippen molar-refractivity contribution < 1.29 is 111 Å². The molecule has 1 atom stereocenters. The summed E-state index contributed by atoms with van der Waals surface area (Å²) in [5.74, 6) is 0. The molecule has 0 amide bonds. The Morgan fingerprint density at radius 3 is 2.00 bits per heavy atom. The largest absolute Gasteiger partial charge is 1.00 e. The summed E-state index contributed by atoms with van der Waals surface area (Å²) in [7, 11) is 0. The van der Waals surface area contributed by atoms with E-state index in [2.05, 4.69) is 5.32 Å². The van der Waals surface area contributed by atoms with E-state index in [0.29, 0.717) is 0 Å². The maximum absolute atomic E-state index is 8.44. The molecule has 2 nitrogen and oxygen atoms in total. The molecule has 0 heterocycles. The van der Waals surface area contributed by atoms with Crippen LogP contribution in [-0.4, -0.2) is 17.9 Å². The molecule has 42 valence electrons. The summed E-state index contributed by atoms with van der Waals surface area (Å²) in [6.07, 6.45) is -0.352. The van der Waals surface area contributed by atoms with Crippen LogP contribution in [-0.2, 0) is 0 Å². The Hall–Kier alpha value is 3.19. The van der Waals surface area contributed by atoms with Gasteiger partial charge in [0.05, 0.1) is 0 Å². The molecule has 0 aromatic carbocycles. The number of aliphatic hydroxyl groups is 1. The third-order valence-electron chi connectivity index (χ3n) is 0.500. The van der Waals surface area contributed by atoms with Gasteiger partial charge in [0.1, 0.15) is 6.23 Å². The van der Waals surface area contributed by atoms with Gasteiger partial charge in [0.15, 0.2) is 0 Å².